The lowest BCUT2D eigenvalue weighted by Crippen LogP contribution is -2.37. The summed E-state index contributed by atoms with van der Waals surface area (Å²) in [4.78, 5) is 39.4. The Kier molecular flexibility index (Phi) is 8.92. The molecule has 3 aromatic carbocycles. The van der Waals surface area contributed by atoms with Gasteiger partial charge in [0.2, 0.25) is 11.8 Å². The second kappa shape index (κ2) is 12.7. The molecule has 3 amide bonds. The molecule has 0 aliphatic carbocycles. The van der Waals surface area contributed by atoms with Gasteiger partial charge in [0.15, 0.2) is 0 Å². The molecule has 0 bridgehead atoms. The van der Waals surface area contributed by atoms with Gasteiger partial charge in [0.1, 0.15) is 0 Å². The molecule has 7 nitrogen and oxygen atoms in total. The highest BCUT2D eigenvalue weighted by molar-refractivity contribution is 5.96. The van der Waals surface area contributed by atoms with Crippen molar-refractivity contribution in [3.8, 4) is 0 Å². The number of nitrogens with zero attached hydrogens (tertiary/aromatic N) is 1. The lowest BCUT2D eigenvalue weighted by Gasteiger charge is -2.30. The largest absolute Gasteiger partial charge is 0.376 e. The third-order valence-corrected chi connectivity index (χ3v) is 6.57. The van der Waals surface area contributed by atoms with Gasteiger partial charge in [-0.25, -0.2) is 0 Å². The minimum absolute atomic E-state index is 0.0585. The van der Waals surface area contributed by atoms with Crippen molar-refractivity contribution in [2.45, 2.75) is 32.6 Å². The number of benzene rings is 3. The zero-order valence-electron chi connectivity index (χ0n) is 21.2. The second-order valence-corrected chi connectivity index (χ2v) is 9.57. The molecule has 1 aliphatic heterocycles. The van der Waals surface area contributed by atoms with Crippen molar-refractivity contribution in [3.63, 3.8) is 0 Å². The fourth-order valence-corrected chi connectivity index (χ4v) is 4.31. The van der Waals surface area contributed by atoms with Crippen LogP contribution in [-0.4, -0.2) is 42.3 Å². The molecule has 0 spiro atoms. The van der Waals surface area contributed by atoms with Crippen molar-refractivity contribution < 1.29 is 14.4 Å². The van der Waals surface area contributed by atoms with E-state index in [0.29, 0.717) is 35.7 Å². The molecule has 192 valence electrons. The van der Waals surface area contributed by atoms with E-state index in [1.165, 1.54) is 0 Å². The van der Waals surface area contributed by atoms with E-state index in [4.69, 9.17) is 0 Å². The molecule has 1 heterocycles. The molecule has 0 unspecified atom stereocenters. The van der Waals surface area contributed by atoms with Gasteiger partial charge in [-0.15, -0.1) is 0 Å². The lowest BCUT2D eigenvalue weighted by atomic mass is 9.98. The first-order chi connectivity index (χ1) is 18.0. The number of likely N-dealkylation sites (tertiary alicyclic amines) is 1. The molecule has 4 rings (SSSR count). The molecule has 3 N–H and O–H groups in total. The fraction of sp³-hybridized carbons (Fsp3) is 0.300. The zero-order valence-corrected chi connectivity index (χ0v) is 21.2. The Hall–Kier alpha value is -4.13. The number of carbonyl (C=O) groups excluding carboxylic acids is 3. The SMILES string of the molecule is CC1CCN(C(=O)c2ccc(NCC(=O)Nc3cccc(NC(=O)CCc4ccccc4)c3)cc2)CC1. The Labute approximate surface area is 218 Å². The van der Waals surface area contributed by atoms with E-state index in [0.717, 1.165) is 37.2 Å². The molecular weight excluding hydrogens is 464 g/mol. The number of anilines is 3. The van der Waals surface area contributed by atoms with Crippen molar-refractivity contribution in [3.05, 3.63) is 90.0 Å². The molecule has 0 saturated carbocycles. The minimum Gasteiger partial charge on any atom is -0.376 e. The summed E-state index contributed by atoms with van der Waals surface area (Å²) < 4.78 is 0. The van der Waals surface area contributed by atoms with Gasteiger partial charge in [-0.1, -0.05) is 43.3 Å². The summed E-state index contributed by atoms with van der Waals surface area (Å²) in [5, 5.41) is 8.82. The summed E-state index contributed by atoms with van der Waals surface area (Å²) in [7, 11) is 0. The van der Waals surface area contributed by atoms with Gasteiger partial charge in [0.25, 0.3) is 5.91 Å². The van der Waals surface area contributed by atoms with E-state index in [9.17, 15) is 14.4 Å². The Bertz CT molecular complexity index is 1200. The average molecular weight is 499 g/mol. The van der Waals surface area contributed by atoms with Gasteiger partial charge >= 0.3 is 0 Å². The molecule has 7 heteroatoms. The van der Waals surface area contributed by atoms with Crippen LogP contribution in [0.4, 0.5) is 17.1 Å². The molecule has 0 radical (unpaired) electrons. The second-order valence-electron chi connectivity index (χ2n) is 9.57. The summed E-state index contributed by atoms with van der Waals surface area (Å²) in [5.41, 5.74) is 3.77. The number of rotatable bonds is 9. The standard InChI is InChI=1S/C30H34N4O3/c1-22-16-18-34(19-17-22)30(37)24-11-13-25(14-12-24)31-21-29(36)33-27-9-5-8-26(20-27)32-28(35)15-10-23-6-3-2-4-7-23/h2-9,11-14,20,22,31H,10,15-19,21H2,1H3,(H,32,35)(H,33,36). The first-order valence-corrected chi connectivity index (χ1v) is 12.8. The van der Waals surface area contributed by atoms with Crippen LogP contribution in [0, 0.1) is 5.92 Å². The molecule has 1 aliphatic rings. The number of carbonyl (C=O) groups is 3. The maximum Gasteiger partial charge on any atom is 0.253 e. The highest BCUT2D eigenvalue weighted by Crippen LogP contribution is 2.19. The number of aryl methyl sites for hydroxylation is 1. The van der Waals surface area contributed by atoms with Gasteiger partial charge in [-0.2, -0.15) is 0 Å². The van der Waals surface area contributed by atoms with Crippen LogP contribution >= 0.6 is 0 Å². The molecule has 1 fully saturated rings. The van der Waals surface area contributed by atoms with E-state index in [1.807, 2.05) is 47.4 Å². The van der Waals surface area contributed by atoms with Crippen molar-refractivity contribution in [2.24, 2.45) is 5.92 Å². The smallest absolute Gasteiger partial charge is 0.253 e. The van der Waals surface area contributed by atoms with E-state index in [-0.39, 0.29) is 24.3 Å². The summed E-state index contributed by atoms with van der Waals surface area (Å²) >= 11 is 0. The van der Waals surface area contributed by atoms with Gasteiger partial charge in [0, 0.05) is 42.1 Å². The van der Waals surface area contributed by atoms with E-state index in [1.54, 1.807) is 36.4 Å². The molecule has 1 saturated heterocycles. The fourth-order valence-electron chi connectivity index (χ4n) is 4.31. The Morgan fingerprint density at radius 3 is 2.11 bits per heavy atom. The molecule has 3 aromatic rings. The molecule has 0 atom stereocenters. The summed E-state index contributed by atoms with van der Waals surface area (Å²) in [6, 6.07) is 24.2. The predicted octanol–water partition coefficient (Wildman–Crippen LogP) is 5.18. The van der Waals surface area contributed by atoms with Crippen LogP contribution in [0.25, 0.3) is 0 Å². The molecular formula is C30H34N4O3. The van der Waals surface area contributed by atoms with Gasteiger partial charge in [-0.05, 0) is 73.2 Å². The highest BCUT2D eigenvalue weighted by Gasteiger charge is 2.21. The Morgan fingerprint density at radius 1 is 0.784 bits per heavy atom. The molecule has 37 heavy (non-hydrogen) atoms. The maximum atomic E-state index is 12.7. The predicted molar refractivity (Wildman–Crippen MR) is 148 cm³/mol. The average Bonchev–Trinajstić information content (AvgIpc) is 2.92. The van der Waals surface area contributed by atoms with Crippen molar-refractivity contribution in [2.75, 3.05) is 35.6 Å². The quantitative estimate of drug-likeness (QED) is 0.379. The third-order valence-electron chi connectivity index (χ3n) is 6.57. The number of hydrogen-bond acceptors (Lipinski definition) is 4. The first kappa shape index (κ1) is 25.9. The van der Waals surface area contributed by atoms with E-state index < -0.39 is 0 Å². The van der Waals surface area contributed by atoms with Gasteiger partial charge in [-0.3, -0.25) is 14.4 Å². The van der Waals surface area contributed by atoms with Crippen LogP contribution in [0.1, 0.15) is 42.1 Å². The van der Waals surface area contributed by atoms with Crippen molar-refractivity contribution in [1.29, 1.82) is 0 Å². The van der Waals surface area contributed by atoms with E-state index >= 15 is 0 Å². The topological polar surface area (TPSA) is 90.5 Å². The van der Waals surface area contributed by atoms with E-state index in [2.05, 4.69) is 22.9 Å². The Balaban J connectivity index is 1.22. The van der Waals surface area contributed by atoms with Crippen LogP contribution in [0.15, 0.2) is 78.9 Å². The monoisotopic (exact) mass is 498 g/mol. The zero-order chi connectivity index (χ0) is 26.0. The van der Waals surface area contributed by atoms with Crippen LogP contribution in [0.3, 0.4) is 0 Å². The maximum absolute atomic E-state index is 12.7. The number of piperidine rings is 1. The van der Waals surface area contributed by atoms with Crippen molar-refractivity contribution >= 4 is 34.8 Å². The summed E-state index contributed by atoms with van der Waals surface area (Å²) in [6.07, 6.45) is 3.14. The highest BCUT2D eigenvalue weighted by atomic mass is 16.2. The summed E-state index contributed by atoms with van der Waals surface area (Å²) in [6.45, 7) is 3.91. The van der Waals surface area contributed by atoms with Gasteiger partial charge < -0.3 is 20.9 Å². The van der Waals surface area contributed by atoms with Crippen LogP contribution in [0.5, 0.6) is 0 Å². The van der Waals surface area contributed by atoms with Crippen LogP contribution < -0.4 is 16.0 Å². The minimum atomic E-state index is -0.213. The third kappa shape index (κ3) is 7.93. The number of amides is 3. The molecule has 0 aromatic heterocycles. The Morgan fingerprint density at radius 2 is 1.43 bits per heavy atom. The number of nitrogens with one attached hydrogen (secondary N) is 3. The van der Waals surface area contributed by atoms with Crippen LogP contribution in [0.2, 0.25) is 0 Å². The number of hydrogen-bond donors (Lipinski definition) is 3. The summed E-state index contributed by atoms with van der Waals surface area (Å²) in [5.74, 6) is 0.442. The first-order valence-electron chi connectivity index (χ1n) is 12.8. The van der Waals surface area contributed by atoms with Gasteiger partial charge in [0.05, 0.1) is 6.54 Å². The van der Waals surface area contributed by atoms with Crippen molar-refractivity contribution in [1.82, 2.24) is 4.90 Å². The van der Waals surface area contributed by atoms with Crippen LogP contribution in [-0.2, 0) is 16.0 Å². The lowest BCUT2D eigenvalue weighted by molar-refractivity contribution is -0.116. The normalized spacial score (nSPS) is 13.6.